The van der Waals surface area contributed by atoms with Crippen molar-refractivity contribution in [1.82, 2.24) is 25.1 Å². The Hall–Kier alpha value is -7.04. The van der Waals surface area contributed by atoms with E-state index in [1.807, 2.05) is 77.5 Å². The number of hydrogen-bond acceptors (Lipinski definition) is 12. The van der Waals surface area contributed by atoms with Crippen LogP contribution in [-0.2, 0) is 18.5 Å². The van der Waals surface area contributed by atoms with Gasteiger partial charge in [-0.05, 0) is 76.5 Å². The highest BCUT2D eigenvalue weighted by atomic mass is 32.1. The van der Waals surface area contributed by atoms with Crippen LogP contribution in [0.25, 0.3) is 21.8 Å². The molecule has 14 nitrogen and oxygen atoms in total. The van der Waals surface area contributed by atoms with Crippen LogP contribution in [-0.4, -0.2) is 51.2 Å². The second-order valence-electron chi connectivity index (χ2n) is 14.5. The molecule has 6 N–H and O–H groups in total. The lowest BCUT2D eigenvalue weighted by Gasteiger charge is -2.14. The number of aromatic nitrogens is 5. The number of nitrogens with one attached hydrogen (secondary N) is 6. The number of methoxy groups -OCH3 is 2. The van der Waals surface area contributed by atoms with E-state index in [-0.39, 0.29) is 22.8 Å². The summed E-state index contributed by atoms with van der Waals surface area (Å²) in [7, 11) is 3.27. The maximum Gasteiger partial charge on any atom is 0.269 e. The number of anilines is 4. The fourth-order valence-electron chi connectivity index (χ4n) is 6.19. The van der Waals surface area contributed by atoms with E-state index in [9.17, 15) is 14.4 Å². The molecule has 0 bridgehead atoms. The summed E-state index contributed by atoms with van der Waals surface area (Å²) < 4.78 is 10.5. The summed E-state index contributed by atoms with van der Waals surface area (Å²) in [4.78, 5) is 49.1. The molecule has 60 heavy (non-hydrogen) atoms. The minimum atomic E-state index is -0.237. The van der Waals surface area contributed by atoms with E-state index in [2.05, 4.69) is 67.2 Å². The molecule has 0 aliphatic carbocycles. The molecule has 0 aliphatic heterocycles. The Morgan fingerprint density at radius 2 is 1.25 bits per heavy atom. The smallest absolute Gasteiger partial charge is 0.269 e. The van der Waals surface area contributed by atoms with Crippen molar-refractivity contribution in [2.75, 3.05) is 35.5 Å². The van der Waals surface area contributed by atoms with Crippen LogP contribution in [0.5, 0.6) is 11.5 Å². The zero-order valence-electron chi connectivity index (χ0n) is 33.5. The van der Waals surface area contributed by atoms with Crippen LogP contribution >= 0.6 is 22.7 Å². The number of carbonyl (C=O) groups excluding carboxylic acids is 2. The number of nitrogens with zero attached hydrogens (tertiary/aromatic N) is 3. The van der Waals surface area contributed by atoms with Gasteiger partial charge in [0.2, 0.25) is 5.56 Å². The maximum absolute atomic E-state index is 12.8. The Morgan fingerprint density at radius 1 is 0.700 bits per heavy atom. The number of hydrogen-bond donors (Lipinski definition) is 6. The Morgan fingerprint density at radius 3 is 1.73 bits per heavy atom. The van der Waals surface area contributed by atoms with Crippen molar-refractivity contribution in [1.29, 1.82) is 0 Å². The molecule has 6 aromatic heterocycles. The van der Waals surface area contributed by atoms with Gasteiger partial charge in [0.15, 0.2) is 5.82 Å². The first-order chi connectivity index (χ1) is 29.0. The zero-order valence-corrected chi connectivity index (χ0v) is 35.1. The lowest BCUT2D eigenvalue weighted by molar-refractivity contribution is 0.102. The second kappa shape index (κ2) is 18.3. The molecule has 8 rings (SSSR count). The molecule has 8 aromatic rings. The van der Waals surface area contributed by atoms with Gasteiger partial charge in [0.05, 0.1) is 42.3 Å². The number of H-pyrrole nitrogens is 2. The largest absolute Gasteiger partial charge is 0.497 e. The number of aromatic amines is 2. The summed E-state index contributed by atoms with van der Waals surface area (Å²) in [5.74, 6) is 1.63. The van der Waals surface area contributed by atoms with Gasteiger partial charge in [-0.15, -0.1) is 22.7 Å². The van der Waals surface area contributed by atoms with Crippen LogP contribution in [0, 0.1) is 0 Å². The molecule has 0 saturated heterocycles. The van der Waals surface area contributed by atoms with Gasteiger partial charge in [0, 0.05) is 77.8 Å². The number of amides is 2. The Kier molecular flexibility index (Phi) is 12.5. The molecule has 6 heterocycles. The van der Waals surface area contributed by atoms with E-state index >= 15 is 0 Å². The van der Waals surface area contributed by atoms with E-state index in [1.165, 1.54) is 34.9 Å². The van der Waals surface area contributed by atoms with Gasteiger partial charge in [-0.1, -0.05) is 20.8 Å². The molecule has 0 spiro atoms. The highest BCUT2D eigenvalue weighted by molar-refractivity contribution is 7.13. The third kappa shape index (κ3) is 9.79. The molecule has 2 aromatic carbocycles. The summed E-state index contributed by atoms with van der Waals surface area (Å²) >= 11 is 2.74. The Balaban J connectivity index is 0.000000182. The molecule has 0 unspecified atom stereocenters. The van der Waals surface area contributed by atoms with Crippen LogP contribution in [0.3, 0.4) is 0 Å². The molecule has 16 heteroatoms. The van der Waals surface area contributed by atoms with Gasteiger partial charge in [-0.2, -0.15) is 5.10 Å². The van der Waals surface area contributed by atoms with E-state index in [4.69, 9.17) is 9.47 Å². The van der Waals surface area contributed by atoms with E-state index < -0.39 is 0 Å². The van der Waals surface area contributed by atoms with Crippen molar-refractivity contribution in [2.45, 2.75) is 39.3 Å². The third-order valence-corrected chi connectivity index (χ3v) is 11.3. The van der Waals surface area contributed by atoms with Crippen molar-refractivity contribution in [2.24, 2.45) is 0 Å². The lowest BCUT2D eigenvalue weighted by Crippen LogP contribution is -2.14. The predicted molar refractivity (Wildman–Crippen MR) is 240 cm³/mol. The van der Waals surface area contributed by atoms with Crippen LogP contribution in [0.2, 0.25) is 0 Å². The van der Waals surface area contributed by atoms with Crippen molar-refractivity contribution < 1.29 is 19.1 Å². The summed E-state index contributed by atoms with van der Waals surface area (Å²) in [5, 5.41) is 25.4. The quantitative estimate of drug-likeness (QED) is 0.0693. The van der Waals surface area contributed by atoms with Crippen LogP contribution in [0.1, 0.15) is 56.9 Å². The number of ether oxygens (including phenoxy) is 2. The molecule has 0 aliphatic rings. The standard InChI is InChI=1S/C23H25N5O2S.C21H18N4O3S/c1-23(2,3)19-12-20(28-27-19)26-22(29)21-17(8-10-31-21)25-13-14-7-9-24-18-11-15(30-4)5-6-16(14)18;1-28-15-3-4-16-13(6-8-22-18(16)10-15)11-23-17-7-9-29-20(17)21(27)25-14-2-5-19(26)24-12-14/h5-12,25H,13H2,1-4H3,(H2,26,27,28,29);2-10,12,23H,11H2,1H3,(H,24,26)(H,25,27). The van der Waals surface area contributed by atoms with Crippen molar-refractivity contribution >= 4 is 79.2 Å². The SMILES string of the molecule is COc1ccc2c(CNc3ccsc3C(=O)Nc3cc(C(C)(C)C)[nH]n3)ccnc2c1.COc1ccc2c(CNc3ccsc3C(=O)Nc3ccc(=O)[nH]c3)ccnc2c1. The fraction of sp³-hybridized carbons (Fsp3) is 0.182. The molecular formula is C44H43N9O5S2. The molecule has 0 atom stereocenters. The monoisotopic (exact) mass is 841 g/mol. The van der Waals surface area contributed by atoms with Gasteiger partial charge < -0.3 is 35.7 Å². The first kappa shape index (κ1) is 41.1. The van der Waals surface area contributed by atoms with Gasteiger partial charge in [0.25, 0.3) is 11.8 Å². The Labute approximate surface area is 353 Å². The highest BCUT2D eigenvalue weighted by Crippen LogP contribution is 2.29. The maximum atomic E-state index is 12.8. The number of thiophene rings is 2. The second-order valence-corrected chi connectivity index (χ2v) is 16.3. The average molecular weight is 842 g/mol. The molecular weight excluding hydrogens is 799 g/mol. The summed E-state index contributed by atoms with van der Waals surface area (Å²) in [6.45, 7) is 7.38. The Bertz CT molecular complexity index is 2820. The number of rotatable bonds is 12. The number of benzene rings is 2. The van der Waals surface area contributed by atoms with Crippen LogP contribution in [0.15, 0.2) is 113 Å². The lowest BCUT2D eigenvalue weighted by atomic mass is 9.92. The predicted octanol–water partition coefficient (Wildman–Crippen LogP) is 9.05. The highest BCUT2D eigenvalue weighted by Gasteiger charge is 2.20. The van der Waals surface area contributed by atoms with E-state index in [0.29, 0.717) is 34.3 Å². The first-order valence-corrected chi connectivity index (χ1v) is 20.6. The molecule has 0 radical (unpaired) electrons. The van der Waals surface area contributed by atoms with Gasteiger partial charge in [-0.3, -0.25) is 29.5 Å². The van der Waals surface area contributed by atoms with Gasteiger partial charge >= 0.3 is 0 Å². The van der Waals surface area contributed by atoms with E-state index in [0.717, 1.165) is 61.5 Å². The minimum absolute atomic E-state index is 0.0665. The van der Waals surface area contributed by atoms with Gasteiger partial charge in [0.1, 0.15) is 21.3 Å². The molecule has 2 amide bonds. The number of carbonyl (C=O) groups is 2. The van der Waals surface area contributed by atoms with Crippen molar-refractivity contribution in [3.63, 3.8) is 0 Å². The number of fused-ring (bicyclic) bond motifs is 2. The summed E-state index contributed by atoms with van der Waals surface area (Å²) in [5.41, 5.74) is 6.62. The zero-order chi connectivity index (χ0) is 42.2. The normalized spacial score (nSPS) is 11.1. The average Bonchev–Trinajstić information content (AvgIpc) is 4.05. The minimum Gasteiger partial charge on any atom is -0.497 e. The fourth-order valence-corrected chi connectivity index (χ4v) is 7.72. The van der Waals surface area contributed by atoms with Crippen LogP contribution < -0.4 is 36.3 Å². The first-order valence-electron chi connectivity index (χ1n) is 18.8. The van der Waals surface area contributed by atoms with Crippen LogP contribution in [0.4, 0.5) is 22.9 Å². The molecule has 0 fully saturated rings. The topological polar surface area (TPSA) is 188 Å². The third-order valence-electron chi connectivity index (χ3n) is 9.43. The number of pyridine rings is 3. The van der Waals surface area contributed by atoms with Crippen molar-refractivity contribution in [3.05, 3.63) is 145 Å². The van der Waals surface area contributed by atoms with E-state index in [1.54, 1.807) is 32.7 Å². The summed E-state index contributed by atoms with van der Waals surface area (Å²) in [6.07, 6.45) is 5.01. The molecule has 0 saturated carbocycles. The van der Waals surface area contributed by atoms with Crippen molar-refractivity contribution in [3.8, 4) is 11.5 Å². The van der Waals surface area contributed by atoms with Gasteiger partial charge in [-0.25, -0.2) is 0 Å². The molecule has 306 valence electrons. The summed E-state index contributed by atoms with van der Waals surface area (Å²) in [6, 6.07) is 24.1.